The number of imide groups is 1. The van der Waals surface area contributed by atoms with Gasteiger partial charge in [0, 0.05) is 36.8 Å². The van der Waals surface area contributed by atoms with Gasteiger partial charge in [-0.05, 0) is 18.2 Å². The molecule has 156 valence electrons. The highest BCUT2D eigenvalue weighted by atomic mass is 32.2. The Morgan fingerprint density at radius 1 is 1.17 bits per heavy atom. The number of carbonyl (C=O) groups is 3. The lowest BCUT2D eigenvalue weighted by Crippen LogP contribution is -2.52. The van der Waals surface area contributed by atoms with Crippen LogP contribution in [0.4, 0.5) is 10.5 Å². The van der Waals surface area contributed by atoms with Crippen LogP contribution < -0.4 is 4.90 Å². The molecule has 9 heteroatoms. The van der Waals surface area contributed by atoms with E-state index >= 15 is 0 Å². The number of thioether (sulfide) groups is 1. The molecule has 0 spiro atoms. The fourth-order valence-electron chi connectivity index (χ4n) is 3.83. The summed E-state index contributed by atoms with van der Waals surface area (Å²) in [5.74, 6) is -0.220. The van der Waals surface area contributed by atoms with Crippen LogP contribution in [0, 0.1) is 5.92 Å². The molecule has 4 amide bonds. The van der Waals surface area contributed by atoms with E-state index in [0.29, 0.717) is 18.9 Å². The molecule has 3 aliphatic rings. The zero-order valence-corrected chi connectivity index (χ0v) is 17.8. The number of amidine groups is 1. The number of hydrogen-bond donors (Lipinski definition) is 0. The first kappa shape index (κ1) is 20.3. The largest absolute Gasteiger partial charge is 0.445 e. The van der Waals surface area contributed by atoms with Crippen molar-refractivity contribution >= 4 is 47.3 Å². The molecule has 30 heavy (non-hydrogen) atoms. The highest BCUT2D eigenvalue weighted by Crippen LogP contribution is 2.31. The Labute approximate surface area is 179 Å². The average molecular weight is 427 g/mol. The first-order valence-corrected chi connectivity index (χ1v) is 10.8. The fourth-order valence-corrected chi connectivity index (χ4v) is 4.83. The van der Waals surface area contributed by atoms with Crippen LogP contribution in [0.5, 0.6) is 0 Å². The zero-order chi connectivity index (χ0) is 21.3. The van der Waals surface area contributed by atoms with E-state index in [1.807, 2.05) is 23.1 Å². The average Bonchev–Trinajstić information content (AvgIpc) is 2.80. The Morgan fingerprint density at radius 2 is 1.87 bits per heavy atom. The molecule has 0 N–H and O–H groups in total. The molecule has 0 aliphatic carbocycles. The second-order valence-corrected chi connectivity index (χ2v) is 8.42. The van der Waals surface area contributed by atoms with Crippen LogP contribution in [0.3, 0.4) is 0 Å². The molecular weight excluding hydrogens is 402 g/mol. The third-order valence-electron chi connectivity index (χ3n) is 5.60. The molecule has 1 saturated heterocycles. The maximum absolute atomic E-state index is 12.8. The van der Waals surface area contributed by atoms with Crippen molar-refractivity contribution in [1.82, 2.24) is 9.80 Å². The molecule has 1 aromatic rings. The Balaban J connectivity index is 1.36. The van der Waals surface area contributed by atoms with Crippen molar-refractivity contribution in [1.29, 1.82) is 0 Å². The predicted molar refractivity (Wildman–Crippen MR) is 117 cm³/mol. The smallest absolute Gasteiger partial charge is 0.368 e. The van der Waals surface area contributed by atoms with Crippen LogP contribution in [-0.4, -0.2) is 90.3 Å². The van der Waals surface area contributed by atoms with Crippen molar-refractivity contribution in [3.8, 4) is 0 Å². The quantitative estimate of drug-likeness (QED) is 0.678. The predicted octanol–water partition coefficient (Wildman–Crippen LogP) is 1.29. The van der Waals surface area contributed by atoms with Crippen LogP contribution in [0.25, 0.3) is 0 Å². The van der Waals surface area contributed by atoms with Gasteiger partial charge in [0.05, 0.1) is 19.8 Å². The van der Waals surface area contributed by atoms with Gasteiger partial charge in [-0.25, -0.2) is 4.79 Å². The van der Waals surface area contributed by atoms with Gasteiger partial charge in [0.2, 0.25) is 5.91 Å². The molecular formula is C21H24N5O3S+. The number of para-hydroxylation sites is 1. The minimum atomic E-state index is -0.629. The number of amides is 4. The molecule has 8 nitrogen and oxygen atoms in total. The molecule has 0 radical (unpaired) electrons. The second kappa shape index (κ2) is 8.43. The number of allylic oxidation sites excluding steroid dienone is 1. The van der Waals surface area contributed by atoms with E-state index in [-0.39, 0.29) is 17.6 Å². The number of dihydropyridines is 1. The normalized spacial score (nSPS) is 21.7. The first-order valence-electron chi connectivity index (χ1n) is 9.84. The molecule has 1 fully saturated rings. The number of carbonyl (C=O) groups excluding carboxylic acids is 3. The van der Waals surface area contributed by atoms with Crippen molar-refractivity contribution in [2.75, 3.05) is 50.9 Å². The topological polar surface area (TPSA) is 76.3 Å². The van der Waals surface area contributed by atoms with Gasteiger partial charge in [-0.15, -0.1) is 16.8 Å². The lowest BCUT2D eigenvalue weighted by molar-refractivity contribution is -0.407. The van der Waals surface area contributed by atoms with Crippen molar-refractivity contribution in [2.45, 2.75) is 0 Å². The van der Waals surface area contributed by atoms with Crippen molar-refractivity contribution in [3.63, 3.8) is 0 Å². The number of piperazine rings is 1. The van der Waals surface area contributed by atoms with Gasteiger partial charge in [-0.1, -0.05) is 18.2 Å². The SMILES string of the molecule is CN1C(=O)C2C(SCC(=O)N3CCN(c4ccccc4)CC3)=CC=NC2=[N+](C)C1=O. The molecule has 3 heterocycles. The third kappa shape index (κ3) is 3.77. The lowest BCUT2D eigenvalue weighted by Gasteiger charge is -2.36. The number of anilines is 1. The van der Waals surface area contributed by atoms with Crippen LogP contribution in [0.2, 0.25) is 0 Å². The standard InChI is InChI=1S/C21H24N5O3S/c1-23-19-18(20(28)24(2)21(23)29)16(8-9-22-19)30-14-17(27)26-12-10-25(11-13-26)15-6-4-3-5-7-15/h3-9,18H,10-14H2,1-2H3/q+1. The van der Waals surface area contributed by atoms with E-state index in [2.05, 4.69) is 22.0 Å². The maximum Gasteiger partial charge on any atom is 0.445 e. The summed E-state index contributed by atoms with van der Waals surface area (Å²) in [6.07, 6.45) is 3.34. The first-order chi connectivity index (χ1) is 14.5. The van der Waals surface area contributed by atoms with Gasteiger partial charge in [0.15, 0.2) is 5.92 Å². The number of urea groups is 1. The maximum atomic E-state index is 12.8. The van der Waals surface area contributed by atoms with E-state index in [0.717, 1.165) is 22.9 Å². The van der Waals surface area contributed by atoms with E-state index < -0.39 is 11.9 Å². The molecule has 0 bridgehead atoms. The van der Waals surface area contributed by atoms with E-state index in [4.69, 9.17) is 0 Å². The van der Waals surface area contributed by atoms with Crippen molar-refractivity contribution in [3.05, 3.63) is 41.3 Å². The molecule has 1 unspecified atom stereocenters. The summed E-state index contributed by atoms with van der Waals surface area (Å²) in [7, 11) is 3.08. The number of benzene rings is 1. The Hall–Kier alpha value is -2.94. The zero-order valence-electron chi connectivity index (χ0n) is 17.0. The Morgan fingerprint density at radius 3 is 2.57 bits per heavy atom. The van der Waals surface area contributed by atoms with Gasteiger partial charge in [0.25, 0.3) is 5.84 Å². The summed E-state index contributed by atoms with van der Waals surface area (Å²) in [6, 6.07) is 9.80. The third-order valence-corrected chi connectivity index (χ3v) is 6.70. The number of nitrogens with zero attached hydrogens (tertiary/aromatic N) is 5. The molecule has 3 aliphatic heterocycles. The fraction of sp³-hybridized carbons (Fsp3) is 0.381. The number of hydrogen-bond acceptors (Lipinski definition) is 6. The molecule has 0 saturated carbocycles. The number of fused-ring (bicyclic) bond motifs is 1. The summed E-state index contributed by atoms with van der Waals surface area (Å²) >= 11 is 1.35. The van der Waals surface area contributed by atoms with Gasteiger partial charge in [-0.2, -0.15) is 9.48 Å². The summed E-state index contributed by atoms with van der Waals surface area (Å²) in [4.78, 5) is 47.8. The van der Waals surface area contributed by atoms with Crippen LogP contribution >= 0.6 is 11.8 Å². The molecule has 0 aromatic heterocycles. The molecule has 4 rings (SSSR count). The molecule has 1 aromatic carbocycles. The second-order valence-electron chi connectivity index (χ2n) is 7.37. The highest BCUT2D eigenvalue weighted by molar-refractivity contribution is 8.03. The summed E-state index contributed by atoms with van der Waals surface area (Å²) < 4.78 is 1.39. The van der Waals surface area contributed by atoms with Crippen molar-refractivity contribution in [2.24, 2.45) is 10.9 Å². The summed E-state index contributed by atoms with van der Waals surface area (Å²) in [5, 5.41) is 0. The minimum Gasteiger partial charge on any atom is -0.368 e. The van der Waals surface area contributed by atoms with E-state index in [1.54, 1.807) is 19.3 Å². The number of aliphatic imine (C=N–C) groups is 1. The van der Waals surface area contributed by atoms with Gasteiger partial charge in [-0.3, -0.25) is 9.59 Å². The van der Waals surface area contributed by atoms with Gasteiger partial charge < -0.3 is 9.80 Å². The number of rotatable bonds is 4. The highest BCUT2D eigenvalue weighted by Gasteiger charge is 2.47. The Bertz CT molecular complexity index is 964. The lowest BCUT2D eigenvalue weighted by atomic mass is 10.0. The summed E-state index contributed by atoms with van der Waals surface area (Å²) in [6.45, 7) is 2.95. The van der Waals surface area contributed by atoms with E-state index in [9.17, 15) is 14.4 Å². The van der Waals surface area contributed by atoms with Crippen LogP contribution in [-0.2, 0) is 9.59 Å². The minimum absolute atomic E-state index is 0.0544. The van der Waals surface area contributed by atoms with Gasteiger partial charge in [0.1, 0.15) is 6.21 Å². The summed E-state index contributed by atoms with van der Waals surface area (Å²) in [5.41, 5.74) is 1.17. The van der Waals surface area contributed by atoms with Crippen LogP contribution in [0.1, 0.15) is 0 Å². The monoisotopic (exact) mass is 426 g/mol. The molecule has 1 atom stereocenters. The Kier molecular flexibility index (Phi) is 5.72. The van der Waals surface area contributed by atoms with E-state index in [1.165, 1.54) is 29.1 Å². The van der Waals surface area contributed by atoms with Gasteiger partial charge >= 0.3 is 11.9 Å². The van der Waals surface area contributed by atoms with Crippen LogP contribution in [0.15, 0.2) is 46.3 Å². The van der Waals surface area contributed by atoms with Crippen molar-refractivity contribution < 1.29 is 19.0 Å².